The van der Waals surface area contributed by atoms with Gasteiger partial charge in [0.1, 0.15) is 0 Å². The predicted octanol–water partition coefficient (Wildman–Crippen LogP) is 7.38. The Morgan fingerprint density at radius 3 is 2.42 bits per heavy atom. The van der Waals surface area contributed by atoms with Gasteiger partial charge in [-0.05, 0) is 64.0 Å². The number of anilines is 2. The van der Waals surface area contributed by atoms with Crippen molar-refractivity contribution < 1.29 is 14.0 Å². The van der Waals surface area contributed by atoms with Crippen LogP contribution in [0.2, 0.25) is 5.02 Å². The third-order valence-electron chi connectivity index (χ3n) is 6.08. The summed E-state index contributed by atoms with van der Waals surface area (Å²) in [4.78, 5) is 25.9. The molecule has 0 aliphatic heterocycles. The first-order valence-corrected chi connectivity index (χ1v) is 13.0. The Bertz CT molecular complexity index is 1620. The standard InChI is InChI=1S/C30H23ClFN3O2S/c31-23-11-6-18(7-12-23)17-34-30(37)28(32)22-9-8-21-15-27(38-26(21)16-22)29(36)35-25-14-20(10-13-24(25)33)19-4-2-1-3-5-19/h1-16,28H,17,33H2,(H,34,37)(H,35,36). The molecule has 0 radical (unpaired) electrons. The van der Waals surface area contributed by atoms with Crippen molar-refractivity contribution in [3.8, 4) is 11.1 Å². The predicted molar refractivity (Wildman–Crippen MR) is 153 cm³/mol. The van der Waals surface area contributed by atoms with Crippen LogP contribution in [0.15, 0.2) is 97.1 Å². The third-order valence-corrected chi connectivity index (χ3v) is 7.43. The fraction of sp³-hybridized carbons (Fsp3) is 0.0667. The molecular formula is C30H23ClFN3O2S. The van der Waals surface area contributed by atoms with Gasteiger partial charge < -0.3 is 16.4 Å². The normalized spacial score (nSPS) is 11.7. The average Bonchev–Trinajstić information content (AvgIpc) is 3.37. The summed E-state index contributed by atoms with van der Waals surface area (Å²) in [7, 11) is 0. The number of thiophene rings is 1. The number of nitrogens with two attached hydrogens (primary N) is 1. The summed E-state index contributed by atoms with van der Waals surface area (Å²) in [5.74, 6) is -1.05. The first kappa shape index (κ1) is 25.4. The summed E-state index contributed by atoms with van der Waals surface area (Å²) in [5.41, 5.74) is 10.1. The van der Waals surface area contributed by atoms with Gasteiger partial charge >= 0.3 is 0 Å². The maximum atomic E-state index is 15.0. The van der Waals surface area contributed by atoms with Crippen molar-refractivity contribution in [2.24, 2.45) is 0 Å². The SMILES string of the molecule is Nc1ccc(-c2ccccc2)cc1NC(=O)c1cc2ccc(C(F)C(=O)NCc3ccc(Cl)cc3)cc2s1. The van der Waals surface area contributed by atoms with Crippen LogP contribution in [0, 0.1) is 0 Å². The molecule has 0 saturated heterocycles. The van der Waals surface area contributed by atoms with Crippen LogP contribution in [0.5, 0.6) is 0 Å². The fourth-order valence-corrected chi connectivity index (χ4v) is 5.14. The van der Waals surface area contributed by atoms with Crippen molar-refractivity contribution in [2.75, 3.05) is 11.1 Å². The minimum Gasteiger partial charge on any atom is -0.397 e. The lowest BCUT2D eigenvalue weighted by Crippen LogP contribution is -2.26. The number of rotatable bonds is 7. The molecule has 0 spiro atoms. The summed E-state index contributed by atoms with van der Waals surface area (Å²) < 4.78 is 15.7. The molecule has 5 rings (SSSR count). The molecule has 8 heteroatoms. The van der Waals surface area contributed by atoms with E-state index in [1.807, 2.05) is 42.5 Å². The number of benzene rings is 4. The Hall–Kier alpha value is -4.20. The Labute approximate surface area is 228 Å². The molecule has 2 amide bonds. The van der Waals surface area contributed by atoms with Crippen LogP contribution in [-0.4, -0.2) is 11.8 Å². The van der Waals surface area contributed by atoms with Crippen molar-refractivity contribution in [3.05, 3.63) is 118 Å². The smallest absolute Gasteiger partial charge is 0.265 e. The maximum Gasteiger partial charge on any atom is 0.265 e. The molecule has 0 aliphatic carbocycles. The highest BCUT2D eigenvalue weighted by atomic mass is 35.5. The van der Waals surface area contributed by atoms with Crippen LogP contribution in [-0.2, 0) is 11.3 Å². The molecule has 0 bridgehead atoms. The number of carbonyl (C=O) groups is 2. The number of hydrogen-bond donors (Lipinski definition) is 3. The van der Waals surface area contributed by atoms with E-state index in [4.69, 9.17) is 17.3 Å². The molecule has 1 heterocycles. The summed E-state index contributed by atoms with van der Waals surface area (Å²) in [5, 5.41) is 6.87. The van der Waals surface area contributed by atoms with E-state index in [2.05, 4.69) is 10.6 Å². The summed E-state index contributed by atoms with van der Waals surface area (Å²) >= 11 is 7.10. The second-order valence-corrected chi connectivity index (χ2v) is 10.3. The van der Waals surface area contributed by atoms with Gasteiger partial charge in [0, 0.05) is 16.3 Å². The minimum atomic E-state index is -1.84. The van der Waals surface area contributed by atoms with E-state index in [0.29, 0.717) is 26.0 Å². The molecule has 0 fully saturated rings. The lowest BCUT2D eigenvalue weighted by molar-refractivity contribution is -0.126. The number of fused-ring (bicyclic) bond motifs is 1. The van der Waals surface area contributed by atoms with Gasteiger partial charge in [0.2, 0.25) is 6.17 Å². The van der Waals surface area contributed by atoms with Crippen LogP contribution in [0.1, 0.15) is 27.0 Å². The number of carbonyl (C=O) groups excluding carboxylic acids is 2. The number of nitrogen functional groups attached to an aromatic ring is 1. The zero-order valence-corrected chi connectivity index (χ0v) is 21.7. The summed E-state index contributed by atoms with van der Waals surface area (Å²) in [6.07, 6.45) is -1.84. The Kier molecular flexibility index (Phi) is 7.40. The van der Waals surface area contributed by atoms with E-state index in [1.165, 1.54) is 11.3 Å². The lowest BCUT2D eigenvalue weighted by atomic mass is 10.0. The van der Waals surface area contributed by atoms with E-state index in [9.17, 15) is 14.0 Å². The van der Waals surface area contributed by atoms with Crippen molar-refractivity contribution in [1.29, 1.82) is 0 Å². The van der Waals surface area contributed by atoms with Crippen molar-refractivity contribution in [3.63, 3.8) is 0 Å². The van der Waals surface area contributed by atoms with Crippen molar-refractivity contribution in [1.82, 2.24) is 5.32 Å². The second-order valence-electron chi connectivity index (χ2n) is 8.74. The van der Waals surface area contributed by atoms with Gasteiger partial charge in [-0.1, -0.05) is 72.3 Å². The number of hydrogen-bond acceptors (Lipinski definition) is 4. The molecule has 0 saturated carbocycles. The molecule has 38 heavy (non-hydrogen) atoms. The average molecular weight is 544 g/mol. The van der Waals surface area contributed by atoms with Crippen molar-refractivity contribution in [2.45, 2.75) is 12.7 Å². The molecule has 1 atom stereocenters. The van der Waals surface area contributed by atoms with E-state index in [-0.39, 0.29) is 18.0 Å². The van der Waals surface area contributed by atoms with Crippen LogP contribution >= 0.6 is 22.9 Å². The van der Waals surface area contributed by atoms with E-state index in [1.54, 1.807) is 54.6 Å². The molecule has 5 nitrogen and oxygen atoms in total. The first-order chi connectivity index (χ1) is 18.4. The van der Waals surface area contributed by atoms with Crippen LogP contribution in [0.3, 0.4) is 0 Å². The highest BCUT2D eigenvalue weighted by Gasteiger charge is 2.21. The topological polar surface area (TPSA) is 84.2 Å². The summed E-state index contributed by atoms with van der Waals surface area (Å²) in [6, 6.07) is 28.9. The number of alkyl halides is 1. The molecule has 0 aliphatic rings. The largest absolute Gasteiger partial charge is 0.397 e. The monoisotopic (exact) mass is 543 g/mol. The first-order valence-electron chi connectivity index (χ1n) is 11.8. The highest BCUT2D eigenvalue weighted by Crippen LogP contribution is 2.32. The fourth-order valence-electron chi connectivity index (χ4n) is 4.01. The Morgan fingerprint density at radius 1 is 0.895 bits per heavy atom. The van der Waals surface area contributed by atoms with Gasteiger partial charge in [-0.25, -0.2) is 4.39 Å². The number of amides is 2. The maximum absolute atomic E-state index is 15.0. The van der Waals surface area contributed by atoms with E-state index in [0.717, 1.165) is 22.1 Å². The molecule has 4 N–H and O–H groups in total. The Morgan fingerprint density at radius 2 is 1.66 bits per heavy atom. The van der Waals surface area contributed by atoms with E-state index < -0.39 is 12.1 Å². The van der Waals surface area contributed by atoms with Crippen LogP contribution in [0.4, 0.5) is 15.8 Å². The quantitative estimate of drug-likeness (QED) is 0.187. The van der Waals surface area contributed by atoms with Crippen LogP contribution in [0.25, 0.3) is 21.2 Å². The number of halogens is 2. The van der Waals surface area contributed by atoms with E-state index >= 15 is 0 Å². The third kappa shape index (κ3) is 5.69. The molecule has 190 valence electrons. The molecular weight excluding hydrogens is 521 g/mol. The number of nitrogens with one attached hydrogen (secondary N) is 2. The Balaban J connectivity index is 1.29. The minimum absolute atomic E-state index is 0.191. The molecule has 1 aromatic heterocycles. The molecule has 1 unspecified atom stereocenters. The van der Waals surface area contributed by atoms with Gasteiger partial charge in [0.15, 0.2) is 0 Å². The zero-order chi connectivity index (χ0) is 26.6. The lowest BCUT2D eigenvalue weighted by Gasteiger charge is -2.10. The highest BCUT2D eigenvalue weighted by molar-refractivity contribution is 7.20. The van der Waals surface area contributed by atoms with Gasteiger partial charge in [-0.3, -0.25) is 9.59 Å². The van der Waals surface area contributed by atoms with Gasteiger partial charge in [-0.15, -0.1) is 11.3 Å². The molecule has 5 aromatic rings. The van der Waals surface area contributed by atoms with Gasteiger partial charge in [-0.2, -0.15) is 0 Å². The van der Waals surface area contributed by atoms with Crippen molar-refractivity contribution >= 4 is 56.2 Å². The zero-order valence-electron chi connectivity index (χ0n) is 20.1. The summed E-state index contributed by atoms with van der Waals surface area (Å²) in [6.45, 7) is 0.191. The van der Waals surface area contributed by atoms with Crippen LogP contribution < -0.4 is 16.4 Å². The van der Waals surface area contributed by atoms with Gasteiger partial charge in [0.25, 0.3) is 11.8 Å². The molecule has 4 aromatic carbocycles. The van der Waals surface area contributed by atoms with Gasteiger partial charge in [0.05, 0.1) is 16.3 Å². The second kappa shape index (κ2) is 11.0.